The molecule has 0 heterocycles. The van der Waals surface area contributed by atoms with Crippen LogP contribution in [-0.2, 0) is 11.2 Å². The van der Waals surface area contributed by atoms with Gasteiger partial charge in [-0.2, -0.15) is 0 Å². The number of carbonyl (C=O) groups is 1. The summed E-state index contributed by atoms with van der Waals surface area (Å²) < 4.78 is 0. The van der Waals surface area contributed by atoms with Gasteiger partial charge in [0.25, 0.3) is 0 Å². The molecule has 1 heteroatoms. The van der Waals surface area contributed by atoms with Gasteiger partial charge in [0.05, 0.1) is 0 Å². The molecule has 0 aromatic heterocycles. The van der Waals surface area contributed by atoms with E-state index in [1.807, 2.05) is 6.07 Å². The first kappa shape index (κ1) is 12.3. The van der Waals surface area contributed by atoms with E-state index in [9.17, 15) is 4.79 Å². The van der Waals surface area contributed by atoms with Crippen LogP contribution in [0.15, 0.2) is 30.3 Å². The number of hydrogen-bond acceptors (Lipinski definition) is 1. The van der Waals surface area contributed by atoms with Crippen molar-refractivity contribution in [2.75, 3.05) is 0 Å². The molecule has 1 aliphatic rings. The molecule has 0 radical (unpaired) electrons. The molecule has 2 rings (SSSR count). The summed E-state index contributed by atoms with van der Waals surface area (Å²) in [6.45, 7) is 4.59. The van der Waals surface area contributed by atoms with E-state index in [4.69, 9.17) is 0 Å². The van der Waals surface area contributed by atoms with E-state index in [0.29, 0.717) is 17.1 Å². The zero-order chi connectivity index (χ0) is 12.3. The van der Waals surface area contributed by atoms with Gasteiger partial charge < -0.3 is 0 Å². The third-order valence-electron chi connectivity index (χ3n) is 3.81. The van der Waals surface area contributed by atoms with Crippen molar-refractivity contribution in [1.29, 1.82) is 0 Å². The summed E-state index contributed by atoms with van der Waals surface area (Å²) in [5, 5.41) is 0. The maximum atomic E-state index is 11.8. The standard InChI is InChI=1S/C16H22O/c1-16(2)9-8-15(17)11-14(12-16)10-13-6-4-3-5-7-13/h3-7,14H,8-12H2,1-2H3. The molecule has 1 aromatic carbocycles. The average molecular weight is 230 g/mol. The molecule has 1 saturated carbocycles. The van der Waals surface area contributed by atoms with E-state index >= 15 is 0 Å². The second-order valence-electron chi connectivity index (χ2n) is 6.17. The molecule has 1 unspecified atom stereocenters. The van der Waals surface area contributed by atoms with E-state index in [1.54, 1.807) is 0 Å². The molecule has 17 heavy (non-hydrogen) atoms. The average Bonchev–Trinajstić information content (AvgIpc) is 2.39. The molecule has 0 saturated heterocycles. The lowest BCUT2D eigenvalue weighted by Crippen LogP contribution is -2.16. The molecule has 0 spiro atoms. The van der Waals surface area contributed by atoms with Gasteiger partial charge in [-0.15, -0.1) is 0 Å². The van der Waals surface area contributed by atoms with Gasteiger partial charge in [-0.1, -0.05) is 44.2 Å². The largest absolute Gasteiger partial charge is 0.300 e. The van der Waals surface area contributed by atoms with Crippen molar-refractivity contribution in [3.63, 3.8) is 0 Å². The second kappa shape index (κ2) is 5.03. The van der Waals surface area contributed by atoms with Crippen LogP contribution < -0.4 is 0 Å². The zero-order valence-corrected chi connectivity index (χ0v) is 10.9. The van der Waals surface area contributed by atoms with Crippen molar-refractivity contribution in [2.24, 2.45) is 11.3 Å². The van der Waals surface area contributed by atoms with Gasteiger partial charge in [0.15, 0.2) is 0 Å². The lowest BCUT2D eigenvalue weighted by atomic mass is 9.79. The highest BCUT2D eigenvalue weighted by Crippen LogP contribution is 2.37. The van der Waals surface area contributed by atoms with Crippen molar-refractivity contribution in [3.8, 4) is 0 Å². The van der Waals surface area contributed by atoms with Gasteiger partial charge in [0.2, 0.25) is 0 Å². The van der Waals surface area contributed by atoms with Crippen LogP contribution >= 0.6 is 0 Å². The molecule has 0 aliphatic heterocycles. The molecule has 0 bridgehead atoms. The van der Waals surface area contributed by atoms with Crippen LogP contribution in [0.4, 0.5) is 0 Å². The Labute approximate surface area is 104 Å². The van der Waals surface area contributed by atoms with Crippen molar-refractivity contribution >= 4 is 5.78 Å². The Hall–Kier alpha value is -1.11. The summed E-state index contributed by atoms with van der Waals surface area (Å²) in [4.78, 5) is 11.8. The van der Waals surface area contributed by atoms with Crippen molar-refractivity contribution in [2.45, 2.75) is 46.0 Å². The Morgan fingerprint density at radius 2 is 1.94 bits per heavy atom. The molecule has 1 fully saturated rings. The quantitative estimate of drug-likeness (QED) is 0.701. The minimum atomic E-state index is 0.325. The first-order valence-corrected chi connectivity index (χ1v) is 6.61. The van der Waals surface area contributed by atoms with Gasteiger partial charge in [0, 0.05) is 12.8 Å². The Kier molecular flexibility index (Phi) is 3.66. The summed E-state index contributed by atoms with van der Waals surface area (Å²) in [5.74, 6) is 0.985. The third kappa shape index (κ3) is 3.69. The number of ketones is 1. The highest BCUT2D eigenvalue weighted by Gasteiger charge is 2.29. The predicted molar refractivity (Wildman–Crippen MR) is 70.9 cm³/mol. The fourth-order valence-corrected chi connectivity index (χ4v) is 2.95. The van der Waals surface area contributed by atoms with Crippen molar-refractivity contribution in [1.82, 2.24) is 0 Å². The minimum absolute atomic E-state index is 0.325. The molecule has 1 aromatic rings. The zero-order valence-electron chi connectivity index (χ0n) is 10.9. The van der Waals surface area contributed by atoms with Crippen LogP contribution in [0.2, 0.25) is 0 Å². The lowest BCUT2D eigenvalue weighted by Gasteiger charge is -2.26. The van der Waals surface area contributed by atoms with Crippen LogP contribution in [0.1, 0.15) is 45.1 Å². The van der Waals surface area contributed by atoms with Gasteiger partial charge in [-0.25, -0.2) is 0 Å². The molecular weight excluding hydrogens is 208 g/mol. The van der Waals surface area contributed by atoms with Crippen LogP contribution in [0.25, 0.3) is 0 Å². The van der Waals surface area contributed by atoms with E-state index in [1.165, 1.54) is 12.0 Å². The highest BCUT2D eigenvalue weighted by atomic mass is 16.1. The number of carbonyl (C=O) groups excluding carboxylic acids is 1. The number of benzene rings is 1. The summed E-state index contributed by atoms with van der Waals surface area (Å²) in [5.41, 5.74) is 1.69. The summed E-state index contributed by atoms with van der Waals surface area (Å²) >= 11 is 0. The predicted octanol–water partition coefficient (Wildman–Crippen LogP) is 4.01. The van der Waals surface area contributed by atoms with Crippen LogP contribution in [-0.4, -0.2) is 5.78 Å². The number of hydrogen-bond donors (Lipinski definition) is 0. The molecule has 0 N–H and O–H groups in total. The minimum Gasteiger partial charge on any atom is -0.300 e. The first-order valence-electron chi connectivity index (χ1n) is 6.61. The smallest absolute Gasteiger partial charge is 0.133 e. The summed E-state index contributed by atoms with van der Waals surface area (Å²) in [6.07, 6.45) is 4.83. The maximum Gasteiger partial charge on any atom is 0.133 e. The molecular formula is C16H22O. The second-order valence-corrected chi connectivity index (χ2v) is 6.17. The monoisotopic (exact) mass is 230 g/mol. The van der Waals surface area contributed by atoms with Crippen molar-refractivity contribution < 1.29 is 4.79 Å². The fraction of sp³-hybridized carbons (Fsp3) is 0.562. The summed E-state index contributed by atoms with van der Waals surface area (Å²) in [7, 11) is 0. The van der Waals surface area contributed by atoms with E-state index in [2.05, 4.69) is 38.1 Å². The van der Waals surface area contributed by atoms with E-state index in [0.717, 1.165) is 25.7 Å². The van der Waals surface area contributed by atoms with E-state index < -0.39 is 0 Å². The SMILES string of the molecule is CC1(C)CCC(=O)CC(Cc2ccccc2)C1. The number of rotatable bonds is 2. The lowest BCUT2D eigenvalue weighted by molar-refractivity contribution is -0.119. The van der Waals surface area contributed by atoms with Crippen molar-refractivity contribution in [3.05, 3.63) is 35.9 Å². The molecule has 92 valence electrons. The first-order chi connectivity index (χ1) is 8.05. The van der Waals surface area contributed by atoms with Crippen LogP contribution in [0.3, 0.4) is 0 Å². The van der Waals surface area contributed by atoms with Gasteiger partial charge in [-0.3, -0.25) is 4.79 Å². The van der Waals surface area contributed by atoms with Gasteiger partial charge in [0.1, 0.15) is 5.78 Å². The Morgan fingerprint density at radius 3 is 2.65 bits per heavy atom. The molecule has 1 nitrogen and oxygen atoms in total. The topological polar surface area (TPSA) is 17.1 Å². The highest BCUT2D eigenvalue weighted by molar-refractivity contribution is 5.79. The Balaban J connectivity index is 2.06. The Morgan fingerprint density at radius 1 is 1.24 bits per heavy atom. The van der Waals surface area contributed by atoms with Gasteiger partial charge in [-0.05, 0) is 36.2 Å². The summed E-state index contributed by atoms with van der Waals surface area (Å²) in [6, 6.07) is 10.6. The number of Topliss-reactive ketones (excluding diaryl/α,β-unsaturated/α-hetero) is 1. The third-order valence-corrected chi connectivity index (χ3v) is 3.81. The van der Waals surface area contributed by atoms with E-state index in [-0.39, 0.29) is 0 Å². The molecule has 0 amide bonds. The van der Waals surface area contributed by atoms with Crippen LogP contribution in [0, 0.1) is 11.3 Å². The fourth-order valence-electron chi connectivity index (χ4n) is 2.95. The maximum absolute atomic E-state index is 11.8. The molecule has 1 atom stereocenters. The van der Waals surface area contributed by atoms with Crippen LogP contribution in [0.5, 0.6) is 0 Å². The normalized spacial score (nSPS) is 24.4. The molecule has 1 aliphatic carbocycles. The van der Waals surface area contributed by atoms with Gasteiger partial charge >= 0.3 is 0 Å². The Bertz CT molecular complexity index is 378.